The second-order valence-electron chi connectivity index (χ2n) is 4.94. The Balaban J connectivity index is 2.20. The highest BCUT2D eigenvalue weighted by molar-refractivity contribution is 9.10. The highest BCUT2D eigenvalue weighted by Gasteiger charge is 2.26. The van der Waals surface area contributed by atoms with Gasteiger partial charge in [0.05, 0.1) is 17.5 Å². The molecule has 0 aliphatic carbocycles. The standard InChI is InChI=1S/C15H19BrFNO2/c1-2-20-15(19)10-14(18-7-3-4-8-18)11-5-6-13(17)12(16)9-11/h5-6,9,14H,2-4,7-8,10H2,1H3. The second kappa shape index (κ2) is 7.18. The Labute approximate surface area is 127 Å². The molecule has 1 fully saturated rings. The molecule has 0 saturated carbocycles. The molecular weight excluding hydrogens is 325 g/mol. The lowest BCUT2D eigenvalue weighted by atomic mass is 10.0. The highest BCUT2D eigenvalue weighted by Crippen LogP contribution is 2.30. The minimum Gasteiger partial charge on any atom is -0.466 e. The number of carbonyl (C=O) groups is 1. The molecule has 1 aromatic carbocycles. The normalized spacial score (nSPS) is 17.1. The molecule has 1 saturated heterocycles. The van der Waals surface area contributed by atoms with E-state index in [-0.39, 0.29) is 17.8 Å². The van der Waals surface area contributed by atoms with Crippen LogP contribution in [0.5, 0.6) is 0 Å². The third kappa shape index (κ3) is 3.79. The van der Waals surface area contributed by atoms with Gasteiger partial charge in [0, 0.05) is 6.04 Å². The van der Waals surface area contributed by atoms with E-state index in [0.29, 0.717) is 17.5 Å². The van der Waals surface area contributed by atoms with Crippen molar-refractivity contribution in [3.05, 3.63) is 34.1 Å². The summed E-state index contributed by atoms with van der Waals surface area (Å²) in [5, 5.41) is 0. The number of hydrogen-bond donors (Lipinski definition) is 0. The quantitative estimate of drug-likeness (QED) is 0.764. The number of halogens is 2. The van der Waals surface area contributed by atoms with Gasteiger partial charge in [-0.2, -0.15) is 0 Å². The molecule has 5 heteroatoms. The van der Waals surface area contributed by atoms with E-state index < -0.39 is 0 Å². The Hall–Kier alpha value is -0.940. The van der Waals surface area contributed by atoms with Crippen molar-refractivity contribution >= 4 is 21.9 Å². The van der Waals surface area contributed by atoms with Gasteiger partial charge in [-0.3, -0.25) is 9.69 Å². The van der Waals surface area contributed by atoms with E-state index >= 15 is 0 Å². The molecule has 110 valence electrons. The van der Waals surface area contributed by atoms with Gasteiger partial charge in [0.25, 0.3) is 0 Å². The average molecular weight is 344 g/mol. The van der Waals surface area contributed by atoms with Gasteiger partial charge in [-0.1, -0.05) is 6.07 Å². The van der Waals surface area contributed by atoms with Crippen molar-refractivity contribution in [1.29, 1.82) is 0 Å². The summed E-state index contributed by atoms with van der Waals surface area (Å²) < 4.78 is 18.9. The van der Waals surface area contributed by atoms with Gasteiger partial charge >= 0.3 is 5.97 Å². The molecule has 0 radical (unpaired) electrons. The monoisotopic (exact) mass is 343 g/mol. The number of benzene rings is 1. The van der Waals surface area contributed by atoms with Gasteiger partial charge < -0.3 is 4.74 Å². The van der Waals surface area contributed by atoms with E-state index in [4.69, 9.17) is 4.74 Å². The molecule has 0 bridgehead atoms. The largest absolute Gasteiger partial charge is 0.466 e. The van der Waals surface area contributed by atoms with E-state index in [1.807, 2.05) is 0 Å². The van der Waals surface area contributed by atoms with Gasteiger partial charge in [-0.15, -0.1) is 0 Å². The van der Waals surface area contributed by atoms with Crippen molar-refractivity contribution in [2.75, 3.05) is 19.7 Å². The van der Waals surface area contributed by atoms with Crippen molar-refractivity contribution in [1.82, 2.24) is 4.90 Å². The fraction of sp³-hybridized carbons (Fsp3) is 0.533. The molecule has 3 nitrogen and oxygen atoms in total. The first-order valence-corrected chi connectivity index (χ1v) is 7.75. The van der Waals surface area contributed by atoms with Gasteiger partial charge in [-0.25, -0.2) is 4.39 Å². The first-order valence-electron chi connectivity index (χ1n) is 6.96. The van der Waals surface area contributed by atoms with E-state index in [2.05, 4.69) is 20.8 Å². The van der Waals surface area contributed by atoms with E-state index in [1.165, 1.54) is 6.07 Å². The maximum Gasteiger partial charge on any atom is 0.307 e. The summed E-state index contributed by atoms with van der Waals surface area (Å²) in [6.07, 6.45) is 2.59. The molecule has 0 amide bonds. The van der Waals surface area contributed by atoms with Crippen molar-refractivity contribution in [3.63, 3.8) is 0 Å². The number of esters is 1. The summed E-state index contributed by atoms with van der Waals surface area (Å²) in [6.45, 7) is 4.13. The van der Waals surface area contributed by atoms with Crippen molar-refractivity contribution < 1.29 is 13.9 Å². The molecular formula is C15H19BrFNO2. The Morgan fingerprint density at radius 2 is 2.15 bits per heavy atom. The van der Waals surface area contributed by atoms with Gasteiger partial charge in [-0.05, 0) is 66.5 Å². The van der Waals surface area contributed by atoms with Crippen LogP contribution in [-0.4, -0.2) is 30.6 Å². The lowest BCUT2D eigenvalue weighted by Crippen LogP contribution is -2.28. The number of likely N-dealkylation sites (tertiary alicyclic amines) is 1. The second-order valence-corrected chi connectivity index (χ2v) is 5.80. The van der Waals surface area contributed by atoms with Crippen LogP contribution < -0.4 is 0 Å². The zero-order chi connectivity index (χ0) is 14.5. The fourth-order valence-corrected chi connectivity index (χ4v) is 3.00. The van der Waals surface area contributed by atoms with Crippen LogP contribution in [0.2, 0.25) is 0 Å². The van der Waals surface area contributed by atoms with E-state index in [0.717, 1.165) is 31.5 Å². The van der Waals surface area contributed by atoms with Crippen LogP contribution in [0.25, 0.3) is 0 Å². The van der Waals surface area contributed by atoms with Crippen molar-refractivity contribution in [2.45, 2.75) is 32.2 Å². The van der Waals surface area contributed by atoms with Crippen LogP contribution >= 0.6 is 15.9 Å². The van der Waals surface area contributed by atoms with E-state index in [9.17, 15) is 9.18 Å². The van der Waals surface area contributed by atoms with Crippen LogP contribution in [0.3, 0.4) is 0 Å². The zero-order valence-electron chi connectivity index (χ0n) is 11.6. The smallest absolute Gasteiger partial charge is 0.307 e. The maximum atomic E-state index is 13.4. The number of ether oxygens (including phenoxy) is 1. The third-order valence-corrected chi connectivity index (χ3v) is 4.18. The molecule has 1 heterocycles. The van der Waals surface area contributed by atoms with Gasteiger partial charge in [0.1, 0.15) is 5.82 Å². The van der Waals surface area contributed by atoms with E-state index in [1.54, 1.807) is 19.1 Å². The molecule has 0 aromatic heterocycles. The number of nitrogens with zero attached hydrogens (tertiary/aromatic N) is 1. The van der Waals surface area contributed by atoms with Crippen LogP contribution in [0, 0.1) is 5.82 Å². The van der Waals surface area contributed by atoms with Crippen LogP contribution in [-0.2, 0) is 9.53 Å². The Bertz CT molecular complexity index is 475. The zero-order valence-corrected chi connectivity index (χ0v) is 13.2. The van der Waals surface area contributed by atoms with Crippen LogP contribution in [0.1, 0.15) is 37.8 Å². The molecule has 20 heavy (non-hydrogen) atoms. The van der Waals surface area contributed by atoms with Crippen molar-refractivity contribution in [3.8, 4) is 0 Å². The molecule has 0 spiro atoms. The Morgan fingerprint density at radius 3 is 2.75 bits per heavy atom. The molecule has 1 aromatic rings. The van der Waals surface area contributed by atoms with Gasteiger partial charge in [0.15, 0.2) is 0 Å². The molecule has 0 N–H and O–H groups in total. The predicted octanol–water partition coefficient (Wildman–Crippen LogP) is 3.68. The predicted molar refractivity (Wildman–Crippen MR) is 78.9 cm³/mol. The maximum absolute atomic E-state index is 13.4. The summed E-state index contributed by atoms with van der Waals surface area (Å²) in [7, 11) is 0. The summed E-state index contributed by atoms with van der Waals surface area (Å²) in [6, 6.07) is 4.92. The number of hydrogen-bond acceptors (Lipinski definition) is 3. The summed E-state index contributed by atoms with van der Waals surface area (Å²) in [4.78, 5) is 14.1. The lowest BCUT2D eigenvalue weighted by Gasteiger charge is -2.27. The summed E-state index contributed by atoms with van der Waals surface area (Å²) in [5.41, 5.74) is 0.952. The van der Waals surface area contributed by atoms with Crippen LogP contribution in [0.15, 0.2) is 22.7 Å². The Kier molecular flexibility index (Phi) is 5.54. The minimum atomic E-state index is -0.287. The van der Waals surface area contributed by atoms with Crippen LogP contribution in [0.4, 0.5) is 4.39 Å². The molecule has 1 unspecified atom stereocenters. The topological polar surface area (TPSA) is 29.5 Å². The Morgan fingerprint density at radius 1 is 1.45 bits per heavy atom. The SMILES string of the molecule is CCOC(=O)CC(c1ccc(F)c(Br)c1)N1CCCC1. The fourth-order valence-electron chi connectivity index (χ4n) is 2.61. The minimum absolute atomic E-state index is 0.0338. The molecule has 1 atom stereocenters. The molecule has 1 aliphatic heterocycles. The van der Waals surface area contributed by atoms with Crippen molar-refractivity contribution in [2.24, 2.45) is 0 Å². The summed E-state index contributed by atoms with van der Waals surface area (Å²) in [5.74, 6) is -0.491. The molecule has 2 rings (SSSR count). The first kappa shape index (κ1) is 15.4. The average Bonchev–Trinajstić information content (AvgIpc) is 2.93. The number of rotatable bonds is 5. The number of carbonyl (C=O) groups excluding carboxylic acids is 1. The van der Waals surface area contributed by atoms with Gasteiger partial charge in [0.2, 0.25) is 0 Å². The molecule has 1 aliphatic rings. The lowest BCUT2D eigenvalue weighted by molar-refractivity contribution is -0.144. The highest BCUT2D eigenvalue weighted by atomic mass is 79.9. The summed E-state index contributed by atoms with van der Waals surface area (Å²) >= 11 is 3.21. The third-order valence-electron chi connectivity index (χ3n) is 3.58. The first-order chi connectivity index (χ1) is 9.61.